The van der Waals surface area contributed by atoms with Crippen LogP contribution in [0.15, 0.2) is 35.5 Å². The van der Waals surface area contributed by atoms with Gasteiger partial charge < -0.3 is 5.73 Å². The SMILES string of the molecule is NC(=S)c1c(F)cccc1NS(=O)(=O)c1ccn[nH]1. The molecule has 0 bridgehead atoms. The zero-order valence-electron chi connectivity index (χ0n) is 9.42. The molecule has 0 amide bonds. The molecule has 2 aromatic rings. The van der Waals surface area contributed by atoms with Crippen molar-refractivity contribution in [3.63, 3.8) is 0 Å². The molecule has 0 aliphatic heterocycles. The largest absolute Gasteiger partial charge is 0.389 e. The first-order valence-corrected chi connectivity index (χ1v) is 6.91. The van der Waals surface area contributed by atoms with E-state index in [2.05, 4.69) is 14.9 Å². The van der Waals surface area contributed by atoms with E-state index in [4.69, 9.17) is 18.0 Å². The number of sulfonamides is 1. The van der Waals surface area contributed by atoms with E-state index in [1.165, 1.54) is 24.4 Å². The lowest BCUT2D eigenvalue weighted by molar-refractivity contribution is 0.597. The number of aromatic amines is 1. The summed E-state index contributed by atoms with van der Waals surface area (Å²) in [5, 5.41) is 5.69. The van der Waals surface area contributed by atoms with Gasteiger partial charge in [0, 0.05) is 0 Å². The smallest absolute Gasteiger partial charge is 0.278 e. The van der Waals surface area contributed by atoms with Crippen LogP contribution >= 0.6 is 12.2 Å². The summed E-state index contributed by atoms with van der Waals surface area (Å²) in [6.07, 6.45) is 1.29. The van der Waals surface area contributed by atoms with E-state index >= 15 is 0 Å². The molecule has 100 valence electrons. The molecule has 0 unspecified atom stereocenters. The van der Waals surface area contributed by atoms with Crippen molar-refractivity contribution in [1.29, 1.82) is 0 Å². The van der Waals surface area contributed by atoms with Gasteiger partial charge in [-0.15, -0.1) is 0 Å². The van der Waals surface area contributed by atoms with Gasteiger partial charge >= 0.3 is 0 Å². The van der Waals surface area contributed by atoms with E-state index in [0.29, 0.717) is 0 Å². The minimum Gasteiger partial charge on any atom is -0.389 e. The zero-order valence-corrected chi connectivity index (χ0v) is 11.1. The van der Waals surface area contributed by atoms with E-state index in [9.17, 15) is 12.8 Å². The molecule has 1 aromatic heterocycles. The average molecular weight is 300 g/mol. The lowest BCUT2D eigenvalue weighted by Crippen LogP contribution is -2.19. The topological polar surface area (TPSA) is 101 Å². The summed E-state index contributed by atoms with van der Waals surface area (Å²) in [7, 11) is -3.89. The van der Waals surface area contributed by atoms with Crippen molar-refractivity contribution in [2.24, 2.45) is 5.73 Å². The number of nitrogens with one attached hydrogen (secondary N) is 2. The molecule has 9 heteroatoms. The van der Waals surface area contributed by atoms with Gasteiger partial charge in [0.2, 0.25) is 0 Å². The Labute approximate surface area is 113 Å². The monoisotopic (exact) mass is 300 g/mol. The summed E-state index contributed by atoms with van der Waals surface area (Å²) < 4.78 is 39.7. The fraction of sp³-hybridized carbons (Fsp3) is 0. The Morgan fingerprint density at radius 3 is 2.74 bits per heavy atom. The summed E-state index contributed by atoms with van der Waals surface area (Å²) >= 11 is 4.71. The number of nitrogens with two attached hydrogens (primary N) is 1. The molecule has 0 saturated carbocycles. The molecule has 0 aliphatic carbocycles. The van der Waals surface area contributed by atoms with Crippen LogP contribution < -0.4 is 10.5 Å². The number of halogens is 1. The summed E-state index contributed by atoms with van der Waals surface area (Å²) in [6.45, 7) is 0. The van der Waals surface area contributed by atoms with Crippen molar-refractivity contribution < 1.29 is 12.8 Å². The highest BCUT2D eigenvalue weighted by atomic mass is 32.2. The van der Waals surface area contributed by atoms with Crippen LogP contribution in [0.3, 0.4) is 0 Å². The molecule has 0 radical (unpaired) electrons. The maximum absolute atomic E-state index is 13.6. The molecule has 19 heavy (non-hydrogen) atoms. The van der Waals surface area contributed by atoms with Gasteiger partial charge in [0.25, 0.3) is 10.0 Å². The molecular formula is C10H9FN4O2S2. The average Bonchev–Trinajstić information content (AvgIpc) is 2.81. The Morgan fingerprint density at radius 2 is 2.16 bits per heavy atom. The molecule has 6 nitrogen and oxygen atoms in total. The van der Waals surface area contributed by atoms with Gasteiger partial charge in [-0.25, -0.2) is 4.39 Å². The highest BCUT2D eigenvalue weighted by Gasteiger charge is 2.19. The quantitative estimate of drug-likeness (QED) is 0.731. The van der Waals surface area contributed by atoms with Gasteiger partial charge in [-0.1, -0.05) is 18.3 Å². The van der Waals surface area contributed by atoms with E-state index in [-0.39, 0.29) is 21.3 Å². The van der Waals surface area contributed by atoms with Crippen LogP contribution in [0.4, 0.5) is 10.1 Å². The molecule has 0 atom stereocenters. The van der Waals surface area contributed by atoms with Gasteiger partial charge in [0.05, 0.1) is 17.4 Å². The number of anilines is 1. The second-order valence-electron chi connectivity index (χ2n) is 3.55. The number of benzene rings is 1. The van der Waals surface area contributed by atoms with E-state index in [1.807, 2.05) is 0 Å². The minimum absolute atomic E-state index is 0.0258. The molecule has 0 spiro atoms. The normalized spacial score (nSPS) is 11.2. The summed E-state index contributed by atoms with van der Waals surface area (Å²) in [5.74, 6) is -0.697. The number of aromatic nitrogens is 2. The van der Waals surface area contributed by atoms with E-state index in [1.54, 1.807) is 0 Å². The Kier molecular flexibility index (Phi) is 3.49. The van der Waals surface area contributed by atoms with E-state index < -0.39 is 15.8 Å². The number of rotatable bonds is 4. The fourth-order valence-corrected chi connectivity index (χ4v) is 2.64. The second kappa shape index (κ2) is 4.94. The Hall–Kier alpha value is -2.00. The third-order valence-electron chi connectivity index (χ3n) is 2.27. The van der Waals surface area contributed by atoms with Gasteiger partial charge in [-0.3, -0.25) is 9.82 Å². The Bertz CT molecular complexity index is 713. The molecular weight excluding hydrogens is 291 g/mol. The van der Waals surface area contributed by atoms with Gasteiger partial charge in [-0.05, 0) is 18.2 Å². The van der Waals surface area contributed by atoms with Gasteiger partial charge in [-0.2, -0.15) is 13.5 Å². The predicted octanol–water partition coefficient (Wildman–Crippen LogP) is 0.984. The van der Waals surface area contributed by atoms with Crippen molar-refractivity contribution in [2.45, 2.75) is 5.03 Å². The lowest BCUT2D eigenvalue weighted by Gasteiger charge is -2.11. The Morgan fingerprint density at radius 1 is 1.42 bits per heavy atom. The summed E-state index contributed by atoms with van der Waals surface area (Å²) in [5.41, 5.74) is 5.21. The molecule has 0 fully saturated rings. The number of hydrogen-bond donors (Lipinski definition) is 3. The Balaban J connectivity index is 2.45. The summed E-state index contributed by atoms with van der Waals surface area (Å²) in [6, 6.07) is 5.12. The predicted molar refractivity (Wildman–Crippen MR) is 71.7 cm³/mol. The van der Waals surface area contributed by atoms with Crippen LogP contribution in [0.5, 0.6) is 0 Å². The first-order valence-electron chi connectivity index (χ1n) is 5.02. The van der Waals surface area contributed by atoms with Crippen molar-refractivity contribution in [3.8, 4) is 0 Å². The minimum atomic E-state index is -3.89. The van der Waals surface area contributed by atoms with Crippen molar-refractivity contribution in [2.75, 3.05) is 4.72 Å². The van der Waals surface area contributed by atoms with Crippen LogP contribution in [0.1, 0.15) is 5.56 Å². The molecule has 4 N–H and O–H groups in total. The third-order valence-corrected chi connectivity index (χ3v) is 3.77. The van der Waals surface area contributed by atoms with Crippen LogP contribution in [-0.2, 0) is 10.0 Å². The van der Waals surface area contributed by atoms with Crippen LogP contribution in [0.2, 0.25) is 0 Å². The third kappa shape index (κ3) is 2.71. The number of nitrogens with zero attached hydrogens (tertiary/aromatic N) is 1. The van der Waals surface area contributed by atoms with Gasteiger partial charge in [0.15, 0.2) is 5.03 Å². The number of hydrogen-bond acceptors (Lipinski definition) is 4. The number of H-pyrrole nitrogens is 1. The lowest BCUT2D eigenvalue weighted by atomic mass is 10.2. The fourth-order valence-electron chi connectivity index (χ4n) is 1.45. The standard InChI is InChI=1S/C10H9FN4O2S2/c11-6-2-1-3-7(9(6)10(12)18)15-19(16,17)8-4-5-13-14-8/h1-5,15H,(H2,12,18)(H,13,14). The maximum atomic E-state index is 13.6. The van der Waals surface area contributed by atoms with E-state index in [0.717, 1.165) is 6.07 Å². The highest BCUT2D eigenvalue weighted by Crippen LogP contribution is 2.21. The molecule has 0 saturated heterocycles. The first kappa shape index (κ1) is 13.4. The molecule has 1 heterocycles. The first-order chi connectivity index (χ1) is 8.92. The van der Waals surface area contributed by atoms with Crippen molar-refractivity contribution >= 4 is 32.9 Å². The highest BCUT2D eigenvalue weighted by molar-refractivity contribution is 7.92. The van der Waals surface area contributed by atoms with Crippen LogP contribution in [0.25, 0.3) is 0 Å². The molecule has 1 aromatic carbocycles. The summed E-state index contributed by atoms with van der Waals surface area (Å²) in [4.78, 5) is -0.236. The molecule has 0 aliphatic rings. The van der Waals surface area contributed by atoms with Gasteiger partial charge in [0.1, 0.15) is 10.8 Å². The van der Waals surface area contributed by atoms with Crippen LogP contribution in [-0.4, -0.2) is 23.6 Å². The van der Waals surface area contributed by atoms with Crippen LogP contribution in [0, 0.1) is 5.82 Å². The van der Waals surface area contributed by atoms with Crippen molar-refractivity contribution in [3.05, 3.63) is 41.8 Å². The zero-order chi connectivity index (χ0) is 14.0. The number of thiocarbonyl (C=S) groups is 1. The molecule has 2 rings (SSSR count). The maximum Gasteiger partial charge on any atom is 0.278 e. The van der Waals surface area contributed by atoms with Crippen molar-refractivity contribution in [1.82, 2.24) is 10.2 Å². The second-order valence-corrected chi connectivity index (χ2v) is 5.64.